The number of hydrazone groups is 1. The van der Waals surface area contributed by atoms with Crippen LogP contribution in [0.15, 0.2) is 47.6 Å². The Hall–Kier alpha value is -2.53. The molecular weight excluding hydrogens is 280 g/mol. The van der Waals surface area contributed by atoms with Crippen LogP contribution in [0.25, 0.3) is 0 Å². The summed E-state index contributed by atoms with van der Waals surface area (Å²) in [6.45, 7) is 0. The van der Waals surface area contributed by atoms with E-state index in [9.17, 15) is 9.90 Å². The van der Waals surface area contributed by atoms with Gasteiger partial charge in [-0.3, -0.25) is 4.79 Å². The van der Waals surface area contributed by atoms with E-state index in [1.54, 1.807) is 24.3 Å². The van der Waals surface area contributed by atoms with Gasteiger partial charge < -0.3 is 10.2 Å². The Morgan fingerprint density at radius 3 is 2.65 bits per heavy atom. The number of phenolic OH excluding ortho intramolecular Hbond substituents is 2. The fraction of sp³-hybridized carbons (Fsp3) is 0. The number of halogens is 1. The van der Waals surface area contributed by atoms with Crippen molar-refractivity contribution in [2.24, 2.45) is 5.10 Å². The van der Waals surface area contributed by atoms with Gasteiger partial charge in [-0.15, -0.1) is 0 Å². The van der Waals surface area contributed by atoms with Gasteiger partial charge in [0.25, 0.3) is 5.91 Å². The summed E-state index contributed by atoms with van der Waals surface area (Å²) in [5, 5.41) is 22.9. The van der Waals surface area contributed by atoms with Crippen LogP contribution in [0.4, 0.5) is 0 Å². The Morgan fingerprint density at radius 2 is 1.95 bits per heavy atom. The van der Waals surface area contributed by atoms with E-state index >= 15 is 0 Å². The van der Waals surface area contributed by atoms with Gasteiger partial charge in [-0.05, 0) is 18.2 Å². The highest BCUT2D eigenvalue weighted by molar-refractivity contribution is 6.33. The van der Waals surface area contributed by atoms with Crippen LogP contribution in [0.1, 0.15) is 15.9 Å². The zero-order chi connectivity index (χ0) is 14.5. The van der Waals surface area contributed by atoms with E-state index in [0.717, 1.165) is 6.07 Å². The first-order valence-electron chi connectivity index (χ1n) is 5.68. The van der Waals surface area contributed by atoms with Crippen molar-refractivity contribution in [2.75, 3.05) is 0 Å². The van der Waals surface area contributed by atoms with Crippen LogP contribution in [-0.4, -0.2) is 22.3 Å². The maximum Gasteiger partial charge on any atom is 0.275 e. The first-order chi connectivity index (χ1) is 9.58. The summed E-state index contributed by atoms with van der Waals surface area (Å²) in [5.74, 6) is -1.04. The normalized spacial score (nSPS) is 10.7. The molecule has 2 aromatic carbocycles. The molecule has 1 amide bonds. The van der Waals surface area contributed by atoms with Crippen LogP contribution < -0.4 is 5.43 Å². The van der Waals surface area contributed by atoms with Crippen LogP contribution >= 0.6 is 11.6 Å². The van der Waals surface area contributed by atoms with E-state index < -0.39 is 5.91 Å². The molecule has 20 heavy (non-hydrogen) atoms. The summed E-state index contributed by atoms with van der Waals surface area (Å²) in [7, 11) is 0. The Kier molecular flexibility index (Phi) is 4.22. The number of benzene rings is 2. The van der Waals surface area contributed by atoms with Gasteiger partial charge in [-0.25, -0.2) is 5.43 Å². The minimum atomic E-state index is -0.592. The lowest BCUT2D eigenvalue weighted by Crippen LogP contribution is -2.17. The molecule has 0 aromatic heterocycles. The van der Waals surface area contributed by atoms with Crippen molar-refractivity contribution in [2.45, 2.75) is 0 Å². The molecule has 0 saturated carbocycles. The largest absolute Gasteiger partial charge is 0.508 e. The smallest absolute Gasteiger partial charge is 0.275 e. The van der Waals surface area contributed by atoms with Crippen molar-refractivity contribution in [1.29, 1.82) is 0 Å². The molecule has 0 atom stereocenters. The van der Waals surface area contributed by atoms with E-state index in [2.05, 4.69) is 10.5 Å². The molecule has 0 aliphatic carbocycles. The van der Waals surface area contributed by atoms with Gasteiger partial charge in [0.05, 0.1) is 11.8 Å². The number of hydrogen-bond donors (Lipinski definition) is 3. The number of aromatic hydroxyl groups is 2. The van der Waals surface area contributed by atoms with Crippen molar-refractivity contribution in [1.82, 2.24) is 5.43 Å². The summed E-state index contributed by atoms with van der Waals surface area (Å²) in [6, 6.07) is 10.7. The lowest BCUT2D eigenvalue weighted by atomic mass is 10.2. The maximum absolute atomic E-state index is 11.8. The van der Waals surface area contributed by atoms with Crippen molar-refractivity contribution in [3.05, 3.63) is 58.6 Å². The van der Waals surface area contributed by atoms with Gasteiger partial charge in [0, 0.05) is 16.7 Å². The Labute approximate surface area is 120 Å². The van der Waals surface area contributed by atoms with Crippen LogP contribution in [0.3, 0.4) is 0 Å². The molecule has 2 aromatic rings. The molecule has 0 aliphatic rings. The van der Waals surface area contributed by atoms with Crippen molar-refractivity contribution in [3.8, 4) is 11.5 Å². The summed E-state index contributed by atoms with van der Waals surface area (Å²) >= 11 is 5.93. The van der Waals surface area contributed by atoms with Crippen LogP contribution in [0, 0.1) is 0 Å². The van der Waals surface area contributed by atoms with Crippen molar-refractivity contribution < 1.29 is 15.0 Å². The van der Waals surface area contributed by atoms with E-state index in [-0.39, 0.29) is 17.1 Å². The van der Waals surface area contributed by atoms with Gasteiger partial charge in [-0.2, -0.15) is 5.10 Å². The standard InChI is InChI=1S/C14H11ClN2O3/c15-12-4-2-1-3-9(12)8-16-17-14(20)11-6-5-10(18)7-13(11)19/h1-8,18-19H,(H,17,20)/b16-8+. The third-order valence-corrected chi connectivity index (χ3v) is 2.85. The quantitative estimate of drug-likeness (QED) is 0.600. The minimum absolute atomic E-state index is 0.0131. The second-order valence-electron chi connectivity index (χ2n) is 3.92. The van der Waals surface area contributed by atoms with Gasteiger partial charge in [0.15, 0.2) is 0 Å². The molecule has 3 N–H and O–H groups in total. The van der Waals surface area contributed by atoms with E-state index in [1.807, 2.05) is 0 Å². The molecule has 0 bridgehead atoms. The second kappa shape index (κ2) is 6.08. The van der Waals surface area contributed by atoms with E-state index in [4.69, 9.17) is 16.7 Å². The predicted molar refractivity (Wildman–Crippen MR) is 76.3 cm³/mol. The topological polar surface area (TPSA) is 81.9 Å². The average Bonchev–Trinajstić information content (AvgIpc) is 2.40. The Morgan fingerprint density at radius 1 is 1.20 bits per heavy atom. The number of nitrogens with one attached hydrogen (secondary N) is 1. The van der Waals surface area contributed by atoms with Crippen LogP contribution in [-0.2, 0) is 0 Å². The number of carbonyl (C=O) groups is 1. The number of hydrogen-bond acceptors (Lipinski definition) is 4. The van der Waals surface area contributed by atoms with Gasteiger partial charge >= 0.3 is 0 Å². The third-order valence-electron chi connectivity index (χ3n) is 2.50. The van der Waals surface area contributed by atoms with E-state index in [0.29, 0.717) is 10.6 Å². The van der Waals surface area contributed by atoms with Crippen LogP contribution in [0.2, 0.25) is 5.02 Å². The molecule has 5 nitrogen and oxygen atoms in total. The van der Waals surface area contributed by atoms with Crippen LogP contribution in [0.5, 0.6) is 11.5 Å². The lowest BCUT2D eigenvalue weighted by Gasteiger charge is -2.03. The average molecular weight is 291 g/mol. The monoisotopic (exact) mass is 290 g/mol. The molecule has 0 spiro atoms. The second-order valence-corrected chi connectivity index (χ2v) is 4.33. The minimum Gasteiger partial charge on any atom is -0.508 e. The zero-order valence-corrected chi connectivity index (χ0v) is 11.0. The van der Waals surface area contributed by atoms with Gasteiger partial charge in [0.1, 0.15) is 11.5 Å². The summed E-state index contributed by atoms with van der Waals surface area (Å²) in [4.78, 5) is 11.8. The molecule has 6 heteroatoms. The molecule has 0 fully saturated rings. The third kappa shape index (κ3) is 3.27. The number of carbonyl (C=O) groups excluding carboxylic acids is 1. The highest BCUT2D eigenvalue weighted by Gasteiger charge is 2.10. The summed E-state index contributed by atoms with van der Waals surface area (Å²) < 4.78 is 0. The number of rotatable bonds is 3. The molecule has 2 rings (SSSR count). The molecule has 0 aliphatic heterocycles. The molecule has 0 unspecified atom stereocenters. The van der Waals surface area contributed by atoms with E-state index in [1.165, 1.54) is 18.3 Å². The predicted octanol–water partition coefficient (Wildman–Crippen LogP) is 2.52. The highest BCUT2D eigenvalue weighted by atomic mass is 35.5. The van der Waals surface area contributed by atoms with Crippen molar-refractivity contribution in [3.63, 3.8) is 0 Å². The number of amides is 1. The first kappa shape index (κ1) is 13.9. The summed E-state index contributed by atoms with van der Waals surface area (Å²) in [6.07, 6.45) is 1.40. The fourth-order valence-electron chi connectivity index (χ4n) is 1.51. The highest BCUT2D eigenvalue weighted by Crippen LogP contribution is 2.22. The number of nitrogens with zero attached hydrogens (tertiary/aromatic N) is 1. The zero-order valence-electron chi connectivity index (χ0n) is 10.2. The fourth-order valence-corrected chi connectivity index (χ4v) is 1.70. The number of phenols is 2. The lowest BCUT2D eigenvalue weighted by molar-refractivity contribution is 0.0952. The van der Waals surface area contributed by atoms with Gasteiger partial charge in [0.2, 0.25) is 0 Å². The van der Waals surface area contributed by atoms with Gasteiger partial charge in [-0.1, -0.05) is 29.8 Å². The summed E-state index contributed by atoms with van der Waals surface area (Å²) in [5.41, 5.74) is 2.94. The Balaban J connectivity index is 2.07. The molecule has 102 valence electrons. The molecular formula is C14H11ClN2O3. The Bertz CT molecular complexity index is 671. The van der Waals surface area contributed by atoms with Crippen molar-refractivity contribution >= 4 is 23.7 Å². The molecule has 0 radical (unpaired) electrons. The SMILES string of the molecule is O=C(N/N=C/c1ccccc1Cl)c1ccc(O)cc1O. The maximum atomic E-state index is 11.8. The first-order valence-corrected chi connectivity index (χ1v) is 6.05. The molecule has 0 heterocycles. The molecule has 0 saturated heterocycles.